The number of halogens is 1. The predicted molar refractivity (Wildman–Crippen MR) is 74.8 cm³/mol. The Kier molecular flexibility index (Phi) is 4.93. The van der Waals surface area contributed by atoms with Gasteiger partial charge in [0, 0.05) is 13.1 Å². The van der Waals surface area contributed by atoms with Gasteiger partial charge in [-0.2, -0.15) is 0 Å². The molecule has 0 spiro atoms. The van der Waals surface area contributed by atoms with E-state index in [4.69, 9.17) is 4.74 Å². The molecule has 0 aliphatic carbocycles. The molecule has 0 heterocycles. The number of benzene rings is 2. The van der Waals surface area contributed by atoms with Gasteiger partial charge in [-0.3, -0.25) is 0 Å². The van der Waals surface area contributed by atoms with E-state index >= 15 is 0 Å². The maximum atomic E-state index is 13.4. The third kappa shape index (κ3) is 4.38. The van der Waals surface area contributed by atoms with Crippen LogP contribution in [0.25, 0.3) is 0 Å². The van der Waals surface area contributed by atoms with Gasteiger partial charge in [-0.15, -0.1) is 0 Å². The Morgan fingerprint density at radius 1 is 1.11 bits per heavy atom. The Morgan fingerprint density at radius 2 is 1.89 bits per heavy atom. The second-order valence-electron chi connectivity index (χ2n) is 4.44. The van der Waals surface area contributed by atoms with Gasteiger partial charge in [-0.05, 0) is 30.2 Å². The molecule has 19 heavy (non-hydrogen) atoms. The molecule has 0 aliphatic heterocycles. The van der Waals surface area contributed by atoms with Crippen LogP contribution in [-0.2, 0) is 6.54 Å². The highest BCUT2D eigenvalue weighted by molar-refractivity contribution is 5.29. The van der Waals surface area contributed by atoms with Crippen molar-refractivity contribution in [3.63, 3.8) is 0 Å². The molecule has 0 aliphatic rings. The molecule has 0 fully saturated rings. The second-order valence-corrected chi connectivity index (χ2v) is 4.44. The van der Waals surface area contributed by atoms with Crippen molar-refractivity contribution >= 4 is 0 Å². The van der Waals surface area contributed by atoms with Crippen molar-refractivity contribution in [2.24, 2.45) is 0 Å². The summed E-state index contributed by atoms with van der Waals surface area (Å²) in [4.78, 5) is 0. The minimum atomic E-state index is -0.311. The number of hydrogen-bond acceptors (Lipinski definition) is 2. The summed E-state index contributed by atoms with van der Waals surface area (Å²) < 4.78 is 18.8. The lowest BCUT2D eigenvalue weighted by Crippen LogP contribution is -2.20. The fraction of sp³-hybridized carbons (Fsp3) is 0.250. The van der Waals surface area contributed by atoms with Crippen molar-refractivity contribution in [1.82, 2.24) is 5.32 Å². The van der Waals surface area contributed by atoms with Gasteiger partial charge in [-0.1, -0.05) is 36.4 Å². The molecule has 0 aromatic heterocycles. The normalized spacial score (nSPS) is 10.4. The van der Waals surface area contributed by atoms with E-state index in [1.807, 2.05) is 25.1 Å². The highest BCUT2D eigenvalue weighted by atomic mass is 19.1. The Hall–Kier alpha value is -1.87. The first kappa shape index (κ1) is 13.6. The van der Waals surface area contributed by atoms with E-state index < -0.39 is 0 Å². The zero-order chi connectivity index (χ0) is 13.5. The van der Waals surface area contributed by atoms with Crippen LogP contribution in [0.1, 0.15) is 11.1 Å². The van der Waals surface area contributed by atoms with Gasteiger partial charge in [0.1, 0.15) is 6.61 Å². The van der Waals surface area contributed by atoms with Crippen molar-refractivity contribution in [2.75, 3.05) is 13.2 Å². The van der Waals surface area contributed by atoms with Crippen LogP contribution in [0.5, 0.6) is 5.75 Å². The third-order valence-corrected chi connectivity index (χ3v) is 2.80. The van der Waals surface area contributed by atoms with Crippen LogP contribution in [-0.4, -0.2) is 13.2 Å². The van der Waals surface area contributed by atoms with E-state index in [-0.39, 0.29) is 5.82 Å². The highest BCUT2D eigenvalue weighted by Gasteiger charge is 2.02. The van der Waals surface area contributed by atoms with E-state index in [2.05, 4.69) is 17.4 Å². The van der Waals surface area contributed by atoms with E-state index in [1.165, 1.54) is 11.6 Å². The van der Waals surface area contributed by atoms with Crippen molar-refractivity contribution in [1.29, 1.82) is 0 Å². The van der Waals surface area contributed by atoms with Crippen LogP contribution in [0.4, 0.5) is 4.39 Å². The van der Waals surface area contributed by atoms with Gasteiger partial charge in [0.2, 0.25) is 0 Å². The lowest BCUT2D eigenvalue weighted by molar-refractivity contribution is 0.298. The fourth-order valence-electron chi connectivity index (χ4n) is 1.78. The minimum absolute atomic E-state index is 0.311. The van der Waals surface area contributed by atoms with Gasteiger partial charge >= 0.3 is 0 Å². The standard InChI is InChI=1S/C16H18FNO/c1-13-7-8-15(17)16(11-13)19-10-9-18-12-14-5-3-2-4-6-14/h2-8,11,18H,9-10,12H2,1H3. The highest BCUT2D eigenvalue weighted by Crippen LogP contribution is 2.17. The molecule has 3 heteroatoms. The molecular formula is C16H18FNO. The van der Waals surface area contributed by atoms with Crippen LogP contribution in [0.15, 0.2) is 48.5 Å². The Bertz CT molecular complexity index is 513. The number of aryl methyl sites for hydroxylation is 1. The zero-order valence-electron chi connectivity index (χ0n) is 11.0. The Labute approximate surface area is 113 Å². The van der Waals surface area contributed by atoms with E-state index in [0.29, 0.717) is 18.9 Å². The topological polar surface area (TPSA) is 21.3 Å². The number of ether oxygens (including phenoxy) is 1. The van der Waals surface area contributed by atoms with Gasteiger partial charge in [0.25, 0.3) is 0 Å². The van der Waals surface area contributed by atoms with Gasteiger partial charge in [-0.25, -0.2) is 4.39 Å². The zero-order valence-corrected chi connectivity index (χ0v) is 11.0. The summed E-state index contributed by atoms with van der Waals surface area (Å²) in [6, 6.07) is 15.0. The largest absolute Gasteiger partial charge is 0.489 e. The molecule has 2 aromatic carbocycles. The monoisotopic (exact) mass is 259 g/mol. The first-order chi connectivity index (χ1) is 9.25. The number of nitrogens with one attached hydrogen (secondary N) is 1. The lowest BCUT2D eigenvalue weighted by Gasteiger charge is -2.09. The molecule has 0 bridgehead atoms. The molecule has 0 saturated carbocycles. The van der Waals surface area contributed by atoms with E-state index in [9.17, 15) is 4.39 Å². The second kappa shape index (κ2) is 6.90. The number of hydrogen-bond donors (Lipinski definition) is 1. The Balaban J connectivity index is 1.71. The molecule has 0 atom stereocenters. The smallest absolute Gasteiger partial charge is 0.165 e. The summed E-state index contributed by atoms with van der Waals surface area (Å²) in [6.07, 6.45) is 0. The summed E-state index contributed by atoms with van der Waals surface area (Å²) in [5.74, 6) is 0.00942. The molecule has 100 valence electrons. The molecule has 2 aromatic rings. The summed E-state index contributed by atoms with van der Waals surface area (Å²) in [5, 5.41) is 3.26. The molecule has 0 amide bonds. The molecule has 2 nitrogen and oxygen atoms in total. The predicted octanol–water partition coefficient (Wildman–Crippen LogP) is 3.30. The maximum absolute atomic E-state index is 13.4. The van der Waals surface area contributed by atoms with Crippen molar-refractivity contribution in [2.45, 2.75) is 13.5 Å². The van der Waals surface area contributed by atoms with Gasteiger partial charge in [0.05, 0.1) is 0 Å². The molecular weight excluding hydrogens is 241 g/mol. The quantitative estimate of drug-likeness (QED) is 0.804. The van der Waals surface area contributed by atoms with Crippen LogP contribution >= 0.6 is 0 Å². The molecule has 0 radical (unpaired) electrons. The summed E-state index contributed by atoms with van der Waals surface area (Å²) >= 11 is 0. The SMILES string of the molecule is Cc1ccc(F)c(OCCNCc2ccccc2)c1. The van der Waals surface area contributed by atoms with Gasteiger partial charge < -0.3 is 10.1 Å². The van der Waals surface area contributed by atoms with Crippen LogP contribution < -0.4 is 10.1 Å². The minimum Gasteiger partial charge on any atom is -0.489 e. The Morgan fingerprint density at radius 3 is 2.68 bits per heavy atom. The lowest BCUT2D eigenvalue weighted by atomic mass is 10.2. The van der Waals surface area contributed by atoms with E-state index in [1.54, 1.807) is 12.1 Å². The van der Waals surface area contributed by atoms with Crippen molar-refractivity contribution in [3.8, 4) is 5.75 Å². The molecule has 0 unspecified atom stereocenters. The molecule has 0 saturated heterocycles. The van der Waals surface area contributed by atoms with Crippen LogP contribution in [0, 0.1) is 12.7 Å². The van der Waals surface area contributed by atoms with Gasteiger partial charge in [0.15, 0.2) is 11.6 Å². The van der Waals surface area contributed by atoms with Crippen molar-refractivity contribution in [3.05, 3.63) is 65.5 Å². The van der Waals surface area contributed by atoms with Crippen LogP contribution in [0.2, 0.25) is 0 Å². The average Bonchev–Trinajstić information content (AvgIpc) is 2.43. The first-order valence-corrected chi connectivity index (χ1v) is 6.39. The summed E-state index contributed by atoms with van der Waals surface area (Å²) in [6.45, 7) is 3.84. The van der Waals surface area contributed by atoms with Crippen molar-refractivity contribution < 1.29 is 9.13 Å². The first-order valence-electron chi connectivity index (χ1n) is 6.39. The fourth-order valence-corrected chi connectivity index (χ4v) is 1.78. The van der Waals surface area contributed by atoms with Crippen LogP contribution in [0.3, 0.4) is 0 Å². The average molecular weight is 259 g/mol. The summed E-state index contributed by atoms with van der Waals surface area (Å²) in [7, 11) is 0. The third-order valence-electron chi connectivity index (χ3n) is 2.80. The van der Waals surface area contributed by atoms with E-state index in [0.717, 1.165) is 12.1 Å². The molecule has 1 N–H and O–H groups in total. The summed E-state index contributed by atoms with van der Waals surface area (Å²) in [5.41, 5.74) is 2.22. The molecule has 2 rings (SSSR count). The maximum Gasteiger partial charge on any atom is 0.165 e. The number of rotatable bonds is 6.